The van der Waals surface area contributed by atoms with Gasteiger partial charge in [0, 0.05) is 13.2 Å². The van der Waals surface area contributed by atoms with Crippen LogP contribution in [-0.2, 0) is 13.0 Å². The van der Waals surface area contributed by atoms with Gasteiger partial charge >= 0.3 is 0 Å². The number of halogens is 1. The highest BCUT2D eigenvalue weighted by Gasteiger charge is 2.12. The summed E-state index contributed by atoms with van der Waals surface area (Å²) >= 11 is 0. The van der Waals surface area contributed by atoms with Gasteiger partial charge in [-0.1, -0.05) is 25.5 Å². The molecule has 3 N–H and O–H groups in total. The summed E-state index contributed by atoms with van der Waals surface area (Å²) in [7, 11) is 0. The Morgan fingerprint density at radius 1 is 1.47 bits per heavy atom. The molecule has 0 spiro atoms. The van der Waals surface area contributed by atoms with Crippen LogP contribution in [-0.4, -0.2) is 11.7 Å². The molecular weight excluding hydrogens is 193 g/mol. The fraction of sp³-hybridized carbons (Fsp3) is 0.500. The van der Waals surface area contributed by atoms with Crippen LogP contribution in [0.15, 0.2) is 18.2 Å². The number of hydrogen-bond acceptors (Lipinski definition) is 2. The van der Waals surface area contributed by atoms with Gasteiger partial charge in [-0.2, -0.15) is 0 Å². The number of benzene rings is 1. The standard InChI is InChI=1S/C12H18FNO/c1-2-9(8-15)6-11-10(7-14)4-3-5-12(11)13/h3-5,9,15H,2,6-8,14H2,1H3. The largest absolute Gasteiger partial charge is 0.396 e. The Labute approximate surface area is 89.9 Å². The van der Waals surface area contributed by atoms with Crippen molar-refractivity contribution in [3.8, 4) is 0 Å². The Morgan fingerprint density at radius 2 is 2.20 bits per heavy atom. The molecule has 0 bridgehead atoms. The molecule has 0 saturated heterocycles. The van der Waals surface area contributed by atoms with E-state index in [-0.39, 0.29) is 18.3 Å². The maximum atomic E-state index is 13.5. The van der Waals surface area contributed by atoms with E-state index in [2.05, 4.69) is 0 Å². The molecular formula is C12H18FNO. The minimum atomic E-state index is -0.218. The Bertz CT molecular complexity index is 310. The van der Waals surface area contributed by atoms with Crippen molar-refractivity contribution in [1.29, 1.82) is 0 Å². The van der Waals surface area contributed by atoms with E-state index in [0.717, 1.165) is 12.0 Å². The van der Waals surface area contributed by atoms with Crippen LogP contribution >= 0.6 is 0 Å². The molecule has 3 heteroatoms. The van der Waals surface area contributed by atoms with Crippen molar-refractivity contribution in [3.05, 3.63) is 35.1 Å². The zero-order valence-corrected chi connectivity index (χ0v) is 9.04. The Hall–Kier alpha value is -0.930. The van der Waals surface area contributed by atoms with Gasteiger partial charge < -0.3 is 10.8 Å². The molecule has 2 nitrogen and oxygen atoms in total. The lowest BCUT2D eigenvalue weighted by Gasteiger charge is -2.15. The average molecular weight is 211 g/mol. The van der Waals surface area contributed by atoms with Crippen LogP contribution < -0.4 is 5.73 Å². The van der Waals surface area contributed by atoms with Crippen molar-refractivity contribution >= 4 is 0 Å². The summed E-state index contributed by atoms with van der Waals surface area (Å²) in [6.45, 7) is 2.42. The molecule has 0 fully saturated rings. The summed E-state index contributed by atoms with van der Waals surface area (Å²) in [6.07, 6.45) is 1.40. The van der Waals surface area contributed by atoms with Crippen molar-refractivity contribution in [2.75, 3.05) is 6.61 Å². The van der Waals surface area contributed by atoms with E-state index in [4.69, 9.17) is 10.8 Å². The van der Waals surface area contributed by atoms with Gasteiger partial charge in [-0.05, 0) is 29.5 Å². The predicted octanol–water partition coefficient (Wildman–Crippen LogP) is 1.85. The first-order valence-electron chi connectivity index (χ1n) is 5.30. The summed E-state index contributed by atoms with van der Waals surface area (Å²) in [5.41, 5.74) is 7.04. The third kappa shape index (κ3) is 3.01. The molecule has 84 valence electrons. The molecule has 0 aliphatic heterocycles. The van der Waals surface area contributed by atoms with E-state index in [1.807, 2.05) is 13.0 Å². The molecule has 1 aromatic rings. The molecule has 0 saturated carbocycles. The fourth-order valence-corrected chi connectivity index (χ4v) is 1.65. The molecule has 0 aromatic heterocycles. The van der Waals surface area contributed by atoms with Crippen LogP contribution in [0.2, 0.25) is 0 Å². The van der Waals surface area contributed by atoms with Crippen molar-refractivity contribution < 1.29 is 9.50 Å². The van der Waals surface area contributed by atoms with Gasteiger partial charge in [0.05, 0.1) is 0 Å². The summed E-state index contributed by atoms with van der Waals surface area (Å²) < 4.78 is 13.5. The van der Waals surface area contributed by atoms with Gasteiger partial charge in [-0.15, -0.1) is 0 Å². The zero-order valence-electron chi connectivity index (χ0n) is 9.04. The molecule has 0 amide bonds. The van der Waals surface area contributed by atoms with Crippen LogP contribution in [0, 0.1) is 11.7 Å². The predicted molar refractivity (Wildman–Crippen MR) is 58.9 cm³/mol. The molecule has 15 heavy (non-hydrogen) atoms. The first kappa shape index (κ1) is 12.1. The smallest absolute Gasteiger partial charge is 0.126 e. The van der Waals surface area contributed by atoms with Gasteiger partial charge in [0.25, 0.3) is 0 Å². The van der Waals surface area contributed by atoms with E-state index in [9.17, 15) is 4.39 Å². The van der Waals surface area contributed by atoms with Crippen LogP contribution in [0.4, 0.5) is 4.39 Å². The molecule has 0 aliphatic carbocycles. The first-order chi connectivity index (χ1) is 7.22. The number of hydrogen-bond donors (Lipinski definition) is 2. The Morgan fingerprint density at radius 3 is 2.73 bits per heavy atom. The topological polar surface area (TPSA) is 46.2 Å². The van der Waals surface area contributed by atoms with Crippen molar-refractivity contribution in [2.24, 2.45) is 11.7 Å². The first-order valence-corrected chi connectivity index (χ1v) is 5.30. The quantitative estimate of drug-likeness (QED) is 0.780. The number of aliphatic hydroxyl groups excluding tert-OH is 1. The molecule has 1 rings (SSSR count). The lowest BCUT2D eigenvalue weighted by atomic mass is 9.94. The second-order valence-electron chi connectivity index (χ2n) is 3.74. The summed E-state index contributed by atoms with van der Waals surface area (Å²) in [5.74, 6) is -0.1000. The van der Waals surface area contributed by atoms with Crippen LogP contribution in [0.1, 0.15) is 24.5 Å². The van der Waals surface area contributed by atoms with Crippen molar-refractivity contribution in [1.82, 2.24) is 0 Å². The van der Waals surface area contributed by atoms with Gasteiger partial charge in [-0.25, -0.2) is 4.39 Å². The normalized spacial score (nSPS) is 12.8. The van der Waals surface area contributed by atoms with E-state index in [0.29, 0.717) is 18.5 Å². The highest BCUT2D eigenvalue weighted by atomic mass is 19.1. The minimum absolute atomic E-state index is 0.0921. The van der Waals surface area contributed by atoms with Gasteiger partial charge in [0.1, 0.15) is 5.82 Å². The Balaban J connectivity index is 2.91. The van der Waals surface area contributed by atoms with E-state index >= 15 is 0 Å². The van der Waals surface area contributed by atoms with E-state index < -0.39 is 0 Å². The molecule has 0 heterocycles. The molecule has 0 radical (unpaired) electrons. The lowest BCUT2D eigenvalue weighted by Crippen LogP contribution is -2.12. The number of rotatable bonds is 5. The van der Waals surface area contributed by atoms with Gasteiger partial charge in [0.15, 0.2) is 0 Å². The summed E-state index contributed by atoms with van der Waals surface area (Å²) in [6, 6.07) is 4.95. The maximum absolute atomic E-state index is 13.5. The summed E-state index contributed by atoms with van der Waals surface area (Å²) in [5, 5.41) is 9.09. The van der Waals surface area contributed by atoms with E-state index in [1.165, 1.54) is 6.07 Å². The van der Waals surface area contributed by atoms with Crippen LogP contribution in [0.25, 0.3) is 0 Å². The molecule has 0 aliphatic rings. The molecule has 1 atom stereocenters. The number of aliphatic hydroxyl groups is 1. The lowest BCUT2D eigenvalue weighted by molar-refractivity contribution is 0.221. The van der Waals surface area contributed by atoms with Crippen molar-refractivity contribution in [3.63, 3.8) is 0 Å². The molecule has 1 aromatic carbocycles. The number of nitrogens with two attached hydrogens (primary N) is 1. The monoisotopic (exact) mass is 211 g/mol. The third-order valence-corrected chi connectivity index (χ3v) is 2.76. The van der Waals surface area contributed by atoms with Crippen LogP contribution in [0.3, 0.4) is 0 Å². The molecule has 1 unspecified atom stereocenters. The Kier molecular flexibility index (Phi) is 4.72. The second kappa shape index (κ2) is 5.83. The van der Waals surface area contributed by atoms with Gasteiger partial charge in [-0.3, -0.25) is 0 Å². The average Bonchev–Trinajstić information content (AvgIpc) is 2.27. The van der Waals surface area contributed by atoms with Gasteiger partial charge in [0.2, 0.25) is 0 Å². The zero-order chi connectivity index (χ0) is 11.3. The van der Waals surface area contributed by atoms with E-state index in [1.54, 1.807) is 6.07 Å². The minimum Gasteiger partial charge on any atom is -0.396 e. The van der Waals surface area contributed by atoms with Crippen LogP contribution in [0.5, 0.6) is 0 Å². The summed E-state index contributed by atoms with van der Waals surface area (Å²) in [4.78, 5) is 0. The highest BCUT2D eigenvalue weighted by molar-refractivity contribution is 5.29. The second-order valence-corrected chi connectivity index (χ2v) is 3.74. The SMILES string of the molecule is CCC(CO)Cc1c(F)cccc1CN. The third-order valence-electron chi connectivity index (χ3n) is 2.76. The van der Waals surface area contributed by atoms with Crippen molar-refractivity contribution in [2.45, 2.75) is 26.3 Å². The highest BCUT2D eigenvalue weighted by Crippen LogP contribution is 2.19. The maximum Gasteiger partial charge on any atom is 0.126 e. The fourth-order valence-electron chi connectivity index (χ4n) is 1.65.